The molecule has 2 atom stereocenters. The molecule has 0 aromatic heterocycles. The molecule has 1 aromatic rings. The highest BCUT2D eigenvalue weighted by Gasteiger charge is 2.23. The maximum Gasteiger partial charge on any atom is 0.335 e. The lowest BCUT2D eigenvalue weighted by atomic mass is 10.0. The first-order valence-corrected chi connectivity index (χ1v) is 8.72. The number of carboxylic acids is 1. The van der Waals surface area contributed by atoms with E-state index in [2.05, 4.69) is 11.6 Å². The van der Waals surface area contributed by atoms with Crippen LogP contribution < -0.4 is 4.72 Å². The van der Waals surface area contributed by atoms with Crippen molar-refractivity contribution in [3.05, 3.63) is 29.8 Å². The van der Waals surface area contributed by atoms with Crippen molar-refractivity contribution in [3.63, 3.8) is 0 Å². The highest BCUT2D eigenvalue weighted by Crippen LogP contribution is 2.24. The third-order valence-corrected chi connectivity index (χ3v) is 5.49. The summed E-state index contributed by atoms with van der Waals surface area (Å²) in [6.07, 6.45) is 4.83. The molecule has 0 saturated heterocycles. The predicted molar refractivity (Wildman–Crippen MR) is 79.8 cm³/mol. The molecule has 2 unspecified atom stereocenters. The molecular formula is C15H21NO4S. The Kier molecular flexibility index (Phi) is 5.00. The van der Waals surface area contributed by atoms with Crippen LogP contribution in [0.15, 0.2) is 29.2 Å². The molecule has 0 heterocycles. The average molecular weight is 311 g/mol. The lowest BCUT2D eigenvalue weighted by Crippen LogP contribution is -2.34. The van der Waals surface area contributed by atoms with Crippen LogP contribution in [-0.4, -0.2) is 25.5 Å². The van der Waals surface area contributed by atoms with Gasteiger partial charge in [-0.05, 0) is 43.4 Å². The number of rotatable bonds is 4. The summed E-state index contributed by atoms with van der Waals surface area (Å²) >= 11 is 0. The molecule has 1 fully saturated rings. The van der Waals surface area contributed by atoms with Crippen LogP contribution in [0.5, 0.6) is 0 Å². The van der Waals surface area contributed by atoms with Gasteiger partial charge in [0.05, 0.1) is 10.5 Å². The minimum absolute atomic E-state index is 0.0136. The number of carboxylic acid groups (broad SMARTS) is 1. The van der Waals surface area contributed by atoms with Gasteiger partial charge in [-0.25, -0.2) is 17.9 Å². The zero-order valence-electron chi connectivity index (χ0n) is 12.1. The Hall–Kier alpha value is -1.40. The SMILES string of the molecule is CC1CCCC(NS(=O)(=O)c2cccc(C(=O)O)c2)CC1. The molecule has 6 heteroatoms. The molecule has 0 amide bonds. The Morgan fingerprint density at radius 1 is 1.24 bits per heavy atom. The lowest BCUT2D eigenvalue weighted by Gasteiger charge is -2.16. The molecule has 21 heavy (non-hydrogen) atoms. The summed E-state index contributed by atoms with van der Waals surface area (Å²) in [4.78, 5) is 11.0. The Morgan fingerprint density at radius 3 is 2.71 bits per heavy atom. The number of sulfonamides is 1. The first-order chi connectivity index (χ1) is 9.88. The van der Waals surface area contributed by atoms with Crippen molar-refractivity contribution in [2.75, 3.05) is 0 Å². The van der Waals surface area contributed by atoms with E-state index in [1.807, 2.05) is 0 Å². The van der Waals surface area contributed by atoms with E-state index in [9.17, 15) is 13.2 Å². The van der Waals surface area contributed by atoms with Gasteiger partial charge >= 0.3 is 5.97 Å². The van der Waals surface area contributed by atoms with Crippen molar-refractivity contribution in [2.24, 2.45) is 5.92 Å². The second-order valence-corrected chi connectivity index (χ2v) is 7.48. The van der Waals surface area contributed by atoms with Crippen molar-refractivity contribution < 1.29 is 18.3 Å². The zero-order valence-corrected chi connectivity index (χ0v) is 12.9. The van der Waals surface area contributed by atoms with E-state index >= 15 is 0 Å². The van der Waals surface area contributed by atoms with Crippen LogP contribution in [-0.2, 0) is 10.0 Å². The van der Waals surface area contributed by atoms with Gasteiger partial charge < -0.3 is 5.11 Å². The normalized spacial score (nSPS) is 23.5. The van der Waals surface area contributed by atoms with Gasteiger partial charge in [0, 0.05) is 6.04 Å². The summed E-state index contributed by atoms with van der Waals surface area (Å²) in [5.74, 6) is -0.495. The smallest absolute Gasteiger partial charge is 0.335 e. The number of nitrogens with one attached hydrogen (secondary N) is 1. The van der Waals surface area contributed by atoms with E-state index in [0.717, 1.165) is 32.1 Å². The van der Waals surface area contributed by atoms with Gasteiger partial charge in [-0.3, -0.25) is 0 Å². The molecule has 0 spiro atoms. The molecular weight excluding hydrogens is 290 g/mol. The topological polar surface area (TPSA) is 83.5 Å². The lowest BCUT2D eigenvalue weighted by molar-refractivity contribution is 0.0696. The van der Waals surface area contributed by atoms with Crippen molar-refractivity contribution in [2.45, 2.75) is 50.0 Å². The highest BCUT2D eigenvalue weighted by molar-refractivity contribution is 7.89. The summed E-state index contributed by atoms with van der Waals surface area (Å²) in [7, 11) is -3.66. The standard InChI is InChI=1S/C15H21NO4S/c1-11-4-2-6-13(9-8-11)16-21(19,20)14-7-3-5-12(10-14)15(17)18/h3,5,7,10-11,13,16H,2,4,6,8-9H2,1H3,(H,17,18). The zero-order chi connectivity index (χ0) is 15.5. The third kappa shape index (κ3) is 4.28. The Bertz CT molecular complexity index is 612. The summed E-state index contributed by atoms with van der Waals surface area (Å²) in [6, 6.07) is 5.40. The van der Waals surface area contributed by atoms with Gasteiger partial charge in [0.2, 0.25) is 10.0 Å². The number of benzene rings is 1. The number of aromatic carboxylic acids is 1. The van der Waals surface area contributed by atoms with Crippen LogP contribution in [0.2, 0.25) is 0 Å². The van der Waals surface area contributed by atoms with Gasteiger partial charge in [-0.1, -0.05) is 25.8 Å². The summed E-state index contributed by atoms with van der Waals surface area (Å²) in [5.41, 5.74) is -0.0210. The van der Waals surface area contributed by atoms with E-state index < -0.39 is 16.0 Å². The molecule has 5 nitrogen and oxygen atoms in total. The first-order valence-electron chi connectivity index (χ1n) is 7.24. The molecule has 2 rings (SSSR count). The molecule has 0 aliphatic heterocycles. The second-order valence-electron chi connectivity index (χ2n) is 5.76. The van der Waals surface area contributed by atoms with Crippen LogP contribution >= 0.6 is 0 Å². The van der Waals surface area contributed by atoms with Gasteiger partial charge in [-0.15, -0.1) is 0 Å². The monoisotopic (exact) mass is 311 g/mol. The Balaban J connectivity index is 2.14. The molecule has 1 aromatic carbocycles. The first kappa shape index (κ1) is 16.0. The third-order valence-electron chi connectivity index (χ3n) is 3.97. The average Bonchev–Trinajstić information content (AvgIpc) is 2.63. The largest absolute Gasteiger partial charge is 0.478 e. The van der Waals surface area contributed by atoms with Gasteiger partial charge in [0.25, 0.3) is 0 Å². The minimum atomic E-state index is -3.66. The second kappa shape index (κ2) is 6.58. The summed E-state index contributed by atoms with van der Waals surface area (Å²) in [5, 5.41) is 8.95. The van der Waals surface area contributed by atoms with Gasteiger partial charge in [0.1, 0.15) is 0 Å². The van der Waals surface area contributed by atoms with Crippen molar-refractivity contribution in [1.29, 1.82) is 0 Å². The fraction of sp³-hybridized carbons (Fsp3) is 0.533. The molecule has 1 aliphatic rings. The molecule has 0 bridgehead atoms. The van der Waals surface area contributed by atoms with Gasteiger partial charge in [-0.2, -0.15) is 0 Å². The van der Waals surface area contributed by atoms with E-state index in [1.54, 1.807) is 0 Å². The Labute approximate surface area is 125 Å². The molecule has 116 valence electrons. The Morgan fingerprint density at radius 2 is 2.00 bits per heavy atom. The summed E-state index contributed by atoms with van der Waals surface area (Å²) in [6.45, 7) is 2.19. The van der Waals surface area contributed by atoms with Crippen molar-refractivity contribution in [1.82, 2.24) is 4.72 Å². The number of hydrogen-bond acceptors (Lipinski definition) is 3. The summed E-state index contributed by atoms with van der Waals surface area (Å²) < 4.78 is 27.4. The van der Waals surface area contributed by atoms with Crippen LogP contribution in [0.1, 0.15) is 49.4 Å². The van der Waals surface area contributed by atoms with E-state index in [4.69, 9.17) is 5.11 Å². The highest BCUT2D eigenvalue weighted by atomic mass is 32.2. The number of carbonyl (C=O) groups is 1. The fourth-order valence-corrected chi connectivity index (χ4v) is 4.04. The minimum Gasteiger partial charge on any atom is -0.478 e. The van der Waals surface area contributed by atoms with Crippen LogP contribution in [0.25, 0.3) is 0 Å². The predicted octanol–water partition coefficient (Wildman–Crippen LogP) is 2.63. The maximum absolute atomic E-state index is 12.4. The van der Waals surface area contributed by atoms with Crippen molar-refractivity contribution in [3.8, 4) is 0 Å². The van der Waals surface area contributed by atoms with Crippen LogP contribution in [0, 0.1) is 5.92 Å². The fourth-order valence-electron chi connectivity index (χ4n) is 2.69. The van der Waals surface area contributed by atoms with Gasteiger partial charge in [0.15, 0.2) is 0 Å². The molecule has 1 aliphatic carbocycles. The number of hydrogen-bond donors (Lipinski definition) is 2. The van der Waals surface area contributed by atoms with E-state index in [0.29, 0.717) is 5.92 Å². The van der Waals surface area contributed by atoms with Crippen LogP contribution in [0.4, 0.5) is 0 Å². The quantitative estimate of drug-likeness (QED) is 0.837. The molecule has 0 radical (unpaired) electrons. The van der Waals surface area contributed by atoms with Crippen molar-refractivity contribution >= 4 is 16.0 Å². The molecule has 1 saturated carbocycles. The van der Waals surface area contributed by atoms with Crippen LogP contribution in [0.3, 0.4) is 0 Å². The maximum atomic E-state index is 12.4. The van der Waals surface area contributed by atoms with E-state index in [-0.39, 0.29) is 16.5 Å². The van der Waals surface area contributed by atoms with E-state index in [1.165, 1.54) is 24.3 Å². The molecule has 2 N–H and O–H groups in total.